The minimum Gasteiger partial charge on any atom is -0.380 e. The first-order chi connectivity index (χ1) is 10.1. The Balaban J connectivity index is 2.09. The molecule has 0 unspecified atom stereocenters. The fourth-order valence-corrected chi connectivity index (χ4v) is 2.72. The normalized spacial score (nSPS) is 10.4. The molecule has 0 saturated heterocycles. The summed E-state index contributed by atoms with van der Waals surface area (Å²) in [7, 11) is 0. The molecule has 21 heavy (non-hydrogen) atoms. The quantitative estimate of drug-likeness (QED) is 0.797. The van der Waals surface area contributed by atoms with Gasteiger partial charge in [0.25, 0.3) is 0 Å². The van der Waals surface area contributed by atoms with Gasteiger partial charge in [0, 0.05) is 27.7 Å². The van der Waals surface area contributed by atoms with Gasteiger partial charge in [0.15, 0.2) is 0 Å². The number of thioether (sulfide) groups is 1. The number of hydrogen-bond donors (Lipinski definition) is 2. The third kappa shape index (κ3) is 4.65. The molecule has 0 radical (unpaired) electrons. The van der Waals surface area contributed by atoms with Crippen molar-refractivity contribution in [3.05, 3.63) is 58.9 Å². The van der Waals surface area contributed by atoms with Crippen molar-refractivity contribution < 1.29 is 9.18 Å². The molecular weight excluding hydrogens is 311 g/mol. The van der Waals surface area contributed by atoms with E-state index in [1.165, 1.54) is 23.9 Å². The lowest BCUT2D eigenvalue weighted by molar-refractivity contribution is -0.115. The number of benzene rings is 2. The summed E-state index contributed by atoms with van der Waals surface area (Å²) in [5.41, 5.74) is 6.45. The van der Waals surface area contributed by atoms with Crippen LogP contribution in [0.3, 0.4) is 0 Å². The summed E-state index contributed by atoms with van der Waals surface area (Å²) in [5.74, 6) is -0.491. The molecule has 0 fully saturated rings. The molecule has 0 atom stereocenters. The van der Waals surface area contributed by atoms with Crippen molar-refractivity contribution in [3.63, 3.8) is 0 Å². The Labute approximate surface area is 131 Å². The monoisotopic (exact) mass is 324 g/mol. The zero-order valence-electron chi connectivity index (χ0n) is 11.1. The zero-order valence-corrected chi connectivity index (χ0v) is 12.7. The van der Waals surface area contributed by atoms with Gasteiger partial charge in [0.1, 0.15) is 5.82 Å². The second-order valence-electron chi connectivity index (χ2n) is 4.34. The van der Waals surface area contributed by atoms with Gasteiger partial charge in [0.2, 0.25) is 5.91 Å². The number of carbonyl (C=O) groups excluding carboxylic acids is 1. The van der Waals surface area contributed by atoms with Crippen LogP contribution in [0.4, 0.5) is 10.1 Å². The van der Waals surface area contributed by atoms with Crippen LogP contribution >= 0.6 is 23.4 Å². The standard InChI is InChI=1S/C15H14ClFN2OS/c16-11-5-6-12(17)10(7-11)8-19-13-3-1-2-4-14(13)21-9-15(18)20/h1-7,19H,8-9H2,(H2,18,20). The minimum atomic E-state index is -0.379. The summed E-state index contributed by atoms with van der Waals surface area (Å²) < 4.78 is 13.7. The van der Waals surface area contributed by atoms with Crippen LogP contribution in [0.2, 0.25) is 5.02 Å². The van der Waals surface area contributed by atoms with E-state index in [-0.39, 0.29) is 17.5 Å². The van der Waals surface area contributed by atoms with Crippen LogP contribution in [-0.2, 0) is 11.3 Å². The summed E-state index contributed by atoms with van der Waals surface area (Å²) in [6.07, 6.45) is 0. The molecule has 2 aromatic carbocycles. The van der Waals surface area contributed by atoms with E-state index in [0.717, 1.165) is 10.6 Å². The van der Waals surface area contributed by atoms with Crippen molar-refractivity contribution in [3.8, 4) is 0 Å². The molecule has 0 aromatic heterocycles. The number of carbonyl (C=O) groups is 1. The summed E-state index contributed by atoms with van der Waals surface area (Å²) >= 11 is 7.21. The highest BCUT2D eigenvalue weighted by molar-refractivity contribution is 8.00. The molecule has 2 rings (SSSR count). The number of anilines is 1. The first-order valence-electron chi connectivity index (χ1n) is 6.24. The number of rotatable bonds is 6. The molecule has 0 aliphatic carbocycles. The van der Waals surface area contributed by atoms with Crippen LogP contribution < -0.4 is 11.1 Å². The van der Waals surface area contributed by atoms with Gasteiger partial charge in [-0.25, -0.2) is 4.39 Å². The number of primary amides is 1. The predicted octanol–water partition coefficient (Wildman–Crippen LogP) is 3.67. The number of halogens is 2. The van der Waals surface area contributed by atoms with Gasteiger partial charge in [-0.1, -0.05) is 23.7 Å². The topological polar surface area (TPSA) is 55.1 Å². The van der Waals surface area contributed by atoms with E-state index in [2.05, 4.69) is 5.32 Å². The minimum absolute atomic E-state index is 0.199. The molecule has 2 aromatic rings. The second-order valence-corrected chi connectivity index (χ2v) is 5.79. The highest BCUT2D eigenvalue weighted by atomic mass is 35.5. The van der Waals surface area contributed by atoms with Crippen LogP contribution in [-0.4, -0.2) is 11.7 Å². The van der Waals surface area contributed by atoms with Crippen molar-refractivity contribution in [2.24, 2.45) is 5.73 Å². The van der Waals surface area contributed by atoms with Gasteiger partial charge in [-0.2, -0.15) is 0 Å². The van der Waals surface area contributed by atoms with Crippen LogP contribution in [0.5, 0.6) is 0 Å². The first-order valence-corrected chi connectivity index (χ1v) is 7.60. The first kappa shape index (κ1) is 15.7. The highest BCUT2D eigenvalue weighted by Gasteiger charge is 2.07. The predicted molar refractivity (Wildman–Crippen MR) is 85.1 cm³/mol. The third-order valence-corrected chi connectivity index (χ3v) is 4.06. The number of nitrogens with two attached hydrogens (primary N) is 1. The molecule has 0 heterocycles. The molecular formula is C15H14ClFN2OS. The number of para-hydroxylation sites is 1. The smallest absolute Gasteiger partial charge is 0.227 e. The van der Waals surface area contributed by atoms with Crippen molar-refractivity contribution in [1.29, 1.82) is 0 Å². The van der Waals surface area contributed by atoms with Gasteiger partial charge in [-0.15, -0.1) is 11.8 Å². The molecule has 0 saturated carbocycles. The molecule has 0 spiro atoms. The maximum Gasteiger partial charge on any atom is 0.227 e. The van der Waals surface area contributed by atoms with Gasteiger partial charge in [-0.3, -0.25) is 4.79 Å². The number of nitrogens with one attached hydrogen (secondary N) is 1. The van der Waals surface area contributed by atoms with E-state index < -0.39 is 0 Å². The maximum absolute atomic E-state index is 13.7. The van der Waals surface area contributed by atoms with Crippen molar-refractivity contribution in [2.45, 2.75) is 11.4 Å². The SMILES string of the molecule is NC(=O)CSc1ccccc1NCc1cc(Cl)ccc1F. The summed E-state index contributed by atoms with van der Waals surface area (Å²) in [4.78, 5) is 11.7. The lowest BCUT2D eigenvalue weighted by atomic mass is 10.2. The number of hydrogen-bond acceptors (Lipinski definition) is 3. The molecule has 0 aliphatic heterocycles. The molecule has 3 nitrogen and oxygen atoms in total. The summed E-state index contributed by atoms with van der Waals surface area (Å²) in [5, 5.41) is 3.64. The largest absolute Gasteiger partial charge is 0.380 e. The van der Waals surface area contributed by atoms with E-state index in [1.807, 2.05) is 24.3 Å². The second kappa shape index (κ2) is 7.33. The van der Waals surface area contributed by atoms with Gasteiger partial charge >= 0.3 is 0 Å². The fraction of sp³-hybridized carbons (Fsp3) is 0.133. The maximum atomic E-state index is 13.7. The lowest BCUT2D eigenvalue weighted by Crippen LogP contribution is -2.13. The third-order valence-electron chi connectivity index (χ3n) is 2.73. The lowest BCUT2D eigenvalue weighted by Gasteiger charge is -2.12. The van der Waals surface area contributed by atoms with E-state index in [9.17, 15) is 9.18 Å². The Morgan fingerprint density at radius 2 is 2.05 bits per heavy atom. The van der Waals surface area contributed by atoms with Crippen LogP contribution in [0, 0.1) is 5.82 Å². The molecule has 3 N–H and O–H groups in total. The van der Waals surface area contributed by atoms with Gasteiger partial charge < -0.3 is 11.1 Å². The van der Waals surface area contributed by atoms with Crippen LogP contribution in [0.15, 0.2) is 47.4 Å². The molecule has 1 amide bonds. The fourth-order valence-electron chi connectivity index (χ4n) is 1.76. The van der Waals surface area contributed by atoms with Gasteiger partial charge in [-0.05, 0) is 30.3 Å². The van der Waals surface area contributed by atoms with E-state index >= 15 is 0 Å². The Morgan fingerprint density at radius 1 is 1.29 bits per heavy atom. The van der Waals surface area contributed by atoms with E-state index in [0.29, 0.717) is 17.1 Å². The van der Waals surface area contributed by atoms with Crippen molar-refractivity contribution in [2.75, 3.05) is 11.1 Å². The van der Waals surface area contributed by atoms with Gasteiger partial charge in [0.05, 0.1) is 5.75 Å². The Bertz CT molecular complexity index is 651. The highest BCUT2D eigenvalue weighted by Crippen LogP contribution is 2.27. The van der Waals surface area contributed by atoms with E-state index in [1.54, 1.807) is 6.07 Å². The Kier molecular flexibility index (Phi) is 5.47. The summed E-state index contributed by atoms with van der Waals surface area (Å²) in [6.45, 7) is 0.306. The Hall–Kier alpha value is -1.72. The molecule has 0 bridgehead atoms. The van der Waals surface area contributed by atoms with Crippen LogP contribution in [0.25, 0.3) is 0 Å². The Morgan fingerprint density at radius 3 is 2.81 bits per heavy atom. The van der Waals surface area contributed by atoms with Crippen LogP contribution in [0.1, 0.15) is 5.56 Å². The average Bonchev–Trinajstić information content (AvgIpc) is 2.47. The number of amides is 1. The van der Waals surface area contributed by atoms with E-state index in [4.69, 9.17) is 17.3 Å². The molecule has 110 valence electrons. The van der Waals surface area contributed by atoms with Crippen molar-refractivity contribution >= 4 is 35.0 Å². The zero-order chi connectivity index (χ0) is 15.2. The van der Waals surface area contributed by atoms with Crippen molar-refractivity contribution in [1.82, 2.24) is 0 Å². The average molecular weight is 325 g/mol. The molecule has 0 aliphatic rings. The molecule has 6 heteroatoms. The summed E-state index contributed by atoms with van der Waals surface area (Å²) in [6, 6.07) is 11.9.